The zero-order chi connectivity index (χ0) is 24.2. The van der Waals surface area contributed by atoms with Gasteiger partial charge >= 0.3 is 0 Å². The molecular formula is C27H29ClN4O3. The van der Waals surface area contributed by atoms with E-state index in [0.29, 0.717) is 11.8 Å². The molecule has 1 aliphatic carbocycles. The highest BCUT2D eigenvalue weighted by molar-refractivity contribution is 6.33. The van der Waals surface area contributed by atoms with E-state index in [2.05, 4.69) is 38.6 Å². The van der Waals surface area contributed by atoms with E-state index in [-0.39, 0.29) is 23.7 Å². The zero-order valence-electron chi connectivity index (χ0n) is 20.1. The third kappa shape index (κ3) is 4.37. The molecule has 4 aromatic rings. The Bertz CT molecular complexity index is 1380. The lowest BCUT2D eigenvalue weighted by Crippen LogP contribution is -2.45. The van der Waals surface area contributed by atoms with Crippen molar-refractivity contribution in [1.82, 2.24) is 19.5 Å². The Balaban J connectivity index is 1.21. The van der Waals surface area contributed by atoms with E-state index >= 15 is 0 Å². The molecule has 2 atom stereocenters. The number of rotatable bonds is 6. The first-order valence-electron chi connectivity index (χ1n) is 12.1. The van der Waals surface area contributed by atoms with E-state index in [9.17, 15) is 0 Å². The first kappa shape index (κ1) is 22.7. The third-order valence-corrected chi connectivity index (χ3v) is 7.60. The SMILES string of the molecule is CC1(C)OC[C@H]([C@@H](C[C@]2(C)C[C@@H](Oc3ccc4cccnc4c3)C2)n2ccc3c(Cl)ncnc32)O1. The van der Waals surface area contributed by atoms with Crippen molar-refractivity contribution in [3.05, 3.63) is 60.3 Å². The first-order valence-corrected chi connectivity index (χ1v) is 12.5. The van der Waals surface area contributed by atoms with Crippen LogP contribution in [0.3, 0.4) is 0 Å². The quantitative estimate of drug-likeness (QED) is 0.309. The molecule has 1 aromatic carbocycles. The molecule has 0 spiro atoms. The molecule has 0 bridgehead atoms. The van der Waals surface area contributed by atoms with E-state index in [1.807, 2.05) is 50.5 Å². The molecule has 2 fully saturated rings. The number of pyridine rings is 1. The second kappa shape index (κ2) is 8.43. The Morgan fingerprint density at radius 1 is 1.14 bits per heavy atom. The number of ether oxygens (including phenoxy) is 3. The average Bonchev–Trinajstić information content (AvgIpc) is 3.40. The Kier molecular flexibility index (Phi) is 5.47. The second-order valence-corrected chi connectivity index (χ2v) is 10.9. The van der Waals surface area contributed by atoms with Crippen molar-refractivity contribution in [1.29, 1.82) is 0 Å². The number of fused-ring (bicyclic) bond motifs is 2. The molecule has 0 unspecified atom stereocenters. The fraction of sp³-hybridized carbons (Fsp3) is 0.444. The van der Waals surface area contributed by atoms with E-state index in [1.165, 1.54) is 6.33 Å². The smallest absolute Gasteiger partial charge is 0.163 e. The Hall–Kier alpha value is -2.74. The van der Waals surface area contributed by atoms with Gasteiger partial charge in [0.15, 0.2) is 5.79 Å². The number of hydrogen-bond donors (Lipinski definition) is 0. The van der Waals surface area contributed by atoms with Crippen LogP contribution in [0.25, 0.3) is 21.9 Å². The van der Waals surface area contributed by atoms with Gasteiger partial charge in [0.25, 0.3) is 0 Å². The van der Waals surface area contributed by atoms with Gasteiger partial charge in [0.05, 0.1) is 29.7 Å². The van der Waals surface area contributed by atoms with Gasteiger partial charge in [-0.1, -0.05) is 24.6 Å². The van der Waals surface area contributed by atoms with Gasteiger partial charge in [-0.3, -0.25) is 4.98 Å². The van der Waals surface area contributed by atoms with Crippen LogP contribution in [0.1, 0.15) is 46.1 Å². The van der Waals surface area contributed by atoms with Gasteiger partial charge in [-0.15, -0.1) is 0 Å². The van der Waals surface area contributed by atoms with Crippen molar-refractivity contribution in [2.45, 2.75) is 64.1 Å². The molecule has 182 valence electrons. The van der Waals surface area contributed by atoms with Crippen LogP contribution >= 0.6 is 11.6 Å². The number of aromatic nitrogens is 4. The summed E-state index contributed by atoms with van der Waals surface area (Å²) in [6.45, 7) is 6.79. The third-order valence-electron chi connectivity index (χ3n) is 7.30. The van der Waals surface area contributed by atoms with Crippen molar-refractivity contribution < 1.29 is 14.2 Å². The van der Waals surface area contributed by atoms with Gasteiger partial charge < -0.3 is 18.8 Å². The minimum absolute atomic E-state index is 0.0519. The Morgan fingerprint density at radius 2 is 2.00 bits per heavy atom. The van der Waals surface area contributed by atoms with Crippen molar-refractivity contribution in [2.24, 2.45) is 5.41 Å². The molecule has 4 heterocycles. The average molecular weight is 493 g/mol. The van der Waals surface area contributed by atoms with Crippen molar-refractivity contribution in [3.8, 4) is 5.75 Å². The molecule has 0 radical (unpaired) electrons. The molecule has 7 nitrogen and oxygen atoms in total. The van der Waals surface area contributed by atoms with Gasteiger partial charge in [-0.05, 0) is 62.8 Å². The summed E-state index contributed by atoms with van der Waals surface area (Å²) < 4.78 is 20.8. The summed E-state index contributed by atoms with van der Waals surface area (Å²) >= 11 is 6.34. The molecule has 1 aliphatic heterocycles. The van der Waals surface area contributed by atoms with E-state index < -0.39 is 5.79 Å². The monoisotopic (exact) mass is 492 g/mol. The van der Waals surface area contributed by atoms with Gasteiger partial charge in [0, 0.05) is 23.8 Å². The fourth-order valence-corrected chi connectivity index (χ4v) is 5.82. The predicted octanol–water partition coefficient (Wildman–Crippen LogP) is 5.96. The maximum atomic E-state index is 6.34. The summed E-state index contributed by atoms with van der Waals surface area (Å²) in [5.41, 5.74) is 1.88. The topological polar surface area (TPSA) is 71.3 Å². The van der Waals surface area contributed by atoms with Crippen molar-refractivity contribution >= 4 is 33.5 Å². The highest BCUT2D eigenvalue weighted by Crippen LogP contribution is 2.50. The second-order valence-electron chi connectivity index (χ2n) is 10.6. The molecule has 3 aromatic heterocycles. The van der Waals surface area contributed by atoms with Crippen LogP contribution in [0.2, 0.25) is 5.15 Å². The molecule has 1 saturated heterocycles. The highest BCUT2D eigenvalue weighted by atomic mass is 35.5. The van der Waals surface area contributed by atoms with E-state index in [0.717, 1.165) is 46.9 Å². The maximum Gasteiger partial charge on any atom is 0.163 e. The summed E-state index contributed by atoms with van der Waals surface area (Å²) in [5.74, 6) is 0.270. The summed E-state index contributed by atoms with van der Waals surface area (Å²) in [6.07, 6.45) is 8.32. The van der Waals surface area contributed by atoms with Crippen LogP contribution in [0.4, 0.5) is 0 Å². The van der Waals surface area contributed by atoms with Gasteiger partial charge in [-0.25, -0.2) is 9.97 Å². The zero-order valence-corrected chi connectivity index (χ0v) is 20.9. The van der Waals surface area contributed by atoms with Gasteiger partial charge in [0.1, 0.15) is 29.0 Å². The first-order chi connectivity index (χ1) is 16.8. The lowest BCUT2D eigenvalue weighted by molar-refractivity contribution is -0.146. The van der Waals surface area contributed by atoms with Crippen LogP contribution in [0.5, 0.6) is 5.75 Å². The summed E-state index contributed by atoms with van der Waals surface area (Å²) in [7, 11) is 0. The van der Waals surface area contributed by atoms with Crippen molar-refractivity contribution in [2.75, 3.05) is 6.61 Å². The molecule has 0 N–H and O–H groups in total. The molecule has 2 aliphatic rings. The molecular weight excluding hydrogens is 464 g/mol. The molecule has 35 heavy (non-hydrogen) atoms. The molecule has 0 amide bonds. The minimum atomic E-state index is -0.602. The van der Waals surface area contributed by atoms with Crippen LogP contribution in [-0.2, 0) is 9.47 Å². The fourth-order valence-electron chi connectivity index (χ4n) is 5.63. The van der Waals surface area contributed by atoms with E-state index in [1.54, 1.807) is 0 Å². The number of benzene rings is 1. The lowest BCUT2D eigenvalue weighted by Gasteiger charge is -2.47. The highest BCUT2D eigenvalue weighted by Gasteiger charge is 2.47. The van der Waals surface area contributed by atoms with E-state index in [4.69, 9.17) is 25.8 Å². The van der Waals surface area contributed by atoms with Gasteiger partial charge in [-0.2, -0.15) is 0 Å². The molecule has 8 heteroatoms. The number of nitrogens with zero attached hydrogens (tertiary/aromatic N) is 4. The molecule has 6 rings (SSSR count). The lowest BCUT2D eigenvalue weighted by atomic mass is 9.64. The Morgan fingerprint density at radius 3 is 2.80 bits per heavy atom. The van der Waals surface area contributed by atoms with Crippen molar-refractivity contribution in [3.63, 3.8) is 0 Å². The van der Waals surface area contributed by atoms with Gasteiger partial charge in [0.2, 0.25) is 0 Å². The Labute approximate surface area is 209 Å². The van der Waals surface area contributed by atoms with Crippen LogP contribution in [-0.4, -0.2) is 44.1 Å². The van der Waals surface area contributed by atoms with Crippen LogP contribution in [0.15, 0.2) is 55.1 Å². The molecule has 1 saturated carbocycles. The number of halogens is 1. The summed E-state index contributed by atoms with van der Waals surface area (Å²) in [6, 6.07) is 12.2. The normalized spacial score (nSPS) is 26.6. The standard InChI is InChI=1S/C27H29ClN4O3/c1-26(2)33-15-23(35-26)22(32-10-8-20-24(28)30-16-31-25(20)32)14-27(3)12-19(13-27)34-18-7-6-17-5-4-9-29-21(17)11-18/h4-11,16,19,22-23H,12-15H2,1-3H3/t19-,22-,23-,27-/m1/s1. The van der Waals surface area contributed by atoms with Crippen LogP contribution in [0, 0.1) is 5.41 Å². The minimum Gasteiger partial charge on any atom is -0.490 e. The largest absolute Gasteiger partial charge is 0.490 e. The number of hydrogen-bond acceptors (Lipinski definition) is 6. The summed E-state index contributed by atoms with van der Waals surface area (Å²) in [5, 5.41) is 2.43. The maximum absolute atomic E-state index is 6.34. The predicted molar refractivity (Wildman–Crippen MR) is 135 cm³/mol. The van der Waals surface area contributed by atoms with Crippen LogP contribution < -0.4 is 4.74 Å². The summed E-state index contributed by atoms with van der Waals surface area (Å²) in [4.78, 5) is 13.1.